The summed E-state index contributed by atoms with van der Waals surface area (Å²) in [5.41, 5.74) is 7.11. The highest BCUT2D eigenvalue weighted by Gasteiger charge is 2.33. The van der Waals surface area contributed by atoms with Crippen molar-refractivity contribution < 1.29 is 9.18 Å². The van der Waals surface area contributed by atoms with Crippen LogP contribution in [0.2, 0.25) is 0 Å². The second-order valence-electron chi connectivity index (χ2n) is 5.26. The van der Waals surface area contributed by atoms with Crippen LogP contribution in [0.1, 0.15) is 18.1 Å². The molecule has 0 unspecified atom stereocenters. The largest absolute Gasteiger partial charge is 0.369 e. The van der Waals surface area contributed by atoms with Gasteiger partial charge in [-0.1, -0.05) is 19.1 Å². The second kappa shape index (κ2) is 5.06. The van der Waals surface area contributed by atoms with Crippen LogP contribution in [-0.2, 0) is 11.3 Å². The lowest BCUT2D eigenvalue weighted by Gasteiger charge is -2.15. The molecule has 3 nitrogen and oxygen atoms in total. The van der Waals surface area contributed by atoms with E-state index in [1.54, 1.807) is 13.0 Å². The summed E-state index contributed by atoms with van der Waals surface area (Å²) in [5, 5.41) is 0. The molecule has 0 radical (unpaired) electrons. The molecule has 1 heterocycles. The smallest absolute Gasteiger partial charge is 0.222 e. The Labute approximate surface area is 107 Å². The van der Waals surface area contributed by atoms with E-state index in [2.05, 4.69) is 4.90 Å². The van der Waals surface area contributed by atoms with E-state index in [1.807, 2.05) is 13.0 Å². The summed E-state index contributed by atoms with van der Waals surface area (Å²) >= 11 is 0. The Bertz CT molecular complexity index is 461. The molecule has 4 heteroatoms. The van der Waals surface area contributed by atoms with Gasteiger partial charge in [-0.25, -0.2) is 4.39 Å². The average Bonchev–Trinajstić information content (AvgIpc) is 2.65. The molecule has 1 aromatic carbocycles. The first-order chi connectivity index (χ1) is 8.47. The molecule has 2 atom stereocenters. The van der Waals surface area contributed by atoms with Gasteiger partial charge in [0.25, 0.3) is 0 Å². The number of halogens is 1. The van der Waals surface area contributed by atoms with Gasteiger partial charge in [-0.2, -0.15) is 0 Å². The fourth-order valence-corrected chi connectivity index (χ4v) is 2.63. The summed E-state index contributed by atoms with van der Waals surface area (Å²) in [5.74, 6) is -0.167. The van der Waals surface area contributed by atoms with Crippen molar-refractivity contribution in [2.24, 2.45) is 17.6 Å². The Morgan fingerprint density at radius 2 is 2.22 bits per heavy atom. The summed E-state index contributed by atoms with van der Waals surface area (Å²) in [6.45, 7) is 6.12. The first-order valence-corrected chi connectivity index (χ1v) is 6.24. The van der Waals surface area contributed by atoms with E-state index in [9.17, 15) is 9.18 Å². The molecule has 98 valence electrons. The lowest BCUT2D eigenvalue weighted by Crippen LogP contribution is -2.29. The van der Waals surface area contributed by atoms with Crippen LogP contribution >= 0.6 is 0 Å². The monoisotopic (exact) mass is 250 g/mol. The van der Waals surface area contributed by atoms with Gasteiger partial charge < -0.3 is 5.73 Å². The average molecular weight is 250 g/mol. The number of hydrogen-bond donors (Lipinski definition) is 1. The minimum Gasteiger partial charge on any atom is -0.369 e. The predicted octanol–water partition coefficient (Wildman–Crippen LogP) is 1.69. The fourth-order valence-electron chi connectivity index (χ4n) is 2.63. The van der Waals surface area contributed by atoms with E-state index in [4.69, 9.17) is 5.73 Å². The van der Waals surface area contributed by atoms with Gasteiger partial charge in [0.05, 0.1) is 5.92 Å². The van der Waals surface area contributed by atoms with E-state index < -0.39 is 0 Å². The number of likely N-dealkylation sites (tertiary alicyclic amines) is 1. The summed E-state index contributed by atoms with van der Waals surface area (Å²) in [6.07, 6.45) is 0. The van der Waals surface area contributed by atoms with E-state index in [1.165, 1.54) is 6.07 Å². The second-order valence-corrected chi connectivity index (χ2v) is 5.26. The highest BCUT2D eigenvalue weighted by atomic mass is 19.1. The number of rotatable bonds is 3. The van der Waals surface area contributed by atoms with Crippen molar-refractivity contribution in [1.82, 2.24) is 4.90 Å². The number of carbonyl (C=O) groups excluding carboxylic acids is 1. The van der Waals surface area contributed by atoms with Crippen LogP contribution in [0.4, 0.5) is 4.39 Å². The van der Waals surface area contributed by atoms with Crippen molar-refractivity contribution in [3.05, 3.63) is 35.1 Å². The molecule has 1 amide bonds. The Balaban J connectivity index is 2.03. The lowest BCUT2D eigenvalue weighted by atomic mass is 9.98. The number of primary amides is 1. The van der Waals surface area contributed by atoms with Gasteiger partial charge in [0, 0.05) is 19.6 Å². The maximum Gasteiger partial charge on any atom is 0.222 e. The van der Waals surface area contributed by atoms with Gasteiger partial charge in [-0.15, -0.1) is 0 Å². The topological polar surface area (TPSA) is 46.3 Å². The number of aryl methyl sites for hydroxylation is 1. The zero-order chi connectivity index (χ0) is 13.3. The Hall–Kier alpha value is -1.42. The standard InChI is InChI=1S/C14H19FN2O/c1-9-5-11(3-4-13(9)15)7-17-6-10(2)12(8-17)14(16)18/h3-5,10,12H,6-8H2,1-2H3,(H2,16,18)/t10-,12-/m1/s1. The van der Waals surface area contributed by atoms with Crippen LogP contribution in [0.5, 0.6) is 0 Å². The van der Waals surface area contributed by atoms with Crippen LogP contribution in [0.3, 0.4) is 0 Å². The zero-order valence-corrected chi connectivity index (χ0v) is 10.8. The number of benzene rings is 1. The predicted molar refractivity (Wildman–Crippen MR) is 68.3 cm³/mol. The zero-order valence-electron chi connectivity index (χ0n) is 10.8. The third kappa shape index (κ3) is 2.70. The minimum atomic E-state index is -0.222. The Kier molecular flexibility index (Phi) is 3.66. The SMILES string of the molecule is Cc1cc(CN2C[C@@H](C)[C@H](C(N)=O)C2)ccc1F. The van der Waals surface area contributed by atoms with Crippen molar-refractivity contribution in [1.29, 1.82) is 0 Å². The minimum absolute atomic E-state index is 0.0634. The number of nitrogens with two attached hydrogens (primary N) is 1. The molecule has 1 saturated heterocycles. The van der Waals surface area contributed by atoms with E-state index in [-0.39, 0.29) is 17.6 Å². The fraction of sp³-hybridized carbons (Fsp3) is 0.500. The molecule has 0 aromatic heterocycles. The van der Waals surface area contributed by atoms with Crippen molar-refractivity contribution in [3.8, 4) is 0 Å². The van der Waals surface area contributed by atoms with Gasteiger partial charge in [-0.3, -0.25) is 9.69 Å². The van der Waals surface area contributed by atoms with Gasteiger partial charge in [-0.05, 0) is 30.0 Å². The van der Waals surface area contributed by atoms with Crippen molar-refractivity contribution in [2.75, 3.05) is 13.1 Å². The van der Waals surface area contributed by atoms with Crippen LogP contribution in [-0.4, -0.2) is 23.9 Å². The third-order valence-corrected chi connectivity index (χ3v) is 3.68. The molecular formula is C14H19FN2O. The Morgan fingerprint density at radius 1 is 1.50 bits per heavy atom. The third-order valence-electron chi connectivity index (χ3n) is 3.68. The molecule has 0 spiro atoms. The molecule has 0 saturated carbocycles. The first-order valence-electron chi connectivity index (χ1n) is 6.24. The highest BCUT2D eigenvalue weighted by molar-refractivity contribution is 5.77. The van der Waals surface area contributed by atoms with Gasteiger partial charge in [0.15, 0.2) is 0 Å². The van der Waals surface area contributed by atoms with E-state index in [0.29, 0.717) is 18.0 Å². The highest BCUT2D eigenvalue weighted by Crippen LogP contribution is 2.24. The quantitative estimate of drug-likeness (QED) is 0.887. The molecule has 2 rings (SSSR count). The Morgan fingerprint density at radius 3 is 2.78 bits per heavy atom. The number of hydrogen-bond acceptors (Lipinski definition) is 2. The molecule has 0 bridgehead atoms. The number of carbonyl (C=O) groups is 1. The molecule has 18 heavy (non-hydrogen) atoms. The molecule has 1 aliphatic rings. The maximum atomic E-state index is 13.2. The summed E-state index contributed by atoms with van der Waals surface area (Å²) in [4.78, 5) is 13.5. The number of nitrogens with zero attached hydrogens (tertiary/aromatic N) is 1. The van der Waals surface area contributed by atoms with Crippen LogP contribution in [0.25, 0.3) is 0 Å². The van der Waals surface area contributed by atoms with Crippen LogP contribution in [0, 0.1) is 24.6 Å². The first kappa shape index (κ1) is 13.0. The van der Waals surface area contributed by atoms with Crippen LogP contribution < -0.4 is 5.73 Å². The van der Waals surface area contributed by atoms with Crippen molar-refractivity contribution in [2.45, 2.75) is 20.4 Å². The van der Waals surface area contributed by atoms with Crippen LogP contribution in [0.15, 0.2) is 18.2 Å². The van der Waals surface area contributed by atoms with E-state index in [0.717, 1.165) is 18.7 Å². The molecule has 2 N–H and O–H groups in total. The molecular weight excluding hydrogens is 231 g/mol. The molecule has 1 fully saturated rings. The van der Waals surface area contributed by atoms with Gasteiger partial charge in [0.1, 0.15) is 5.82 Å². The maximum absolute atomic E-state index is 13.2. The molecule has 1 aromatic rings. The summed E-state index contributed by atoms with van der Waals surface area (Å²) in [7, 11) is 0. The van der Waals surface area contributed by atoms with E-state index >= 15 is 0 Å². The summed E-state index contributed by atoms with van der Waals surface area (Å²) < 4.78 is 13.2. The normalized spacial score (nSPS) is 24.4. The number of amides is 1. The summed E-state index contributed by atoms with van der Waals surface area (Å²) in [6, 6.07) is 5.15. The molecule has 0 aliphatic carbocycles. The van der Waals surface area contributed by atoms with Gasteiger partial charge in [0.2, 0.25) is 5.91 Å². The lowest BCUT2D eigenvalue weighted by molar-refractivity contribution is -0.122. The van der Waals surface area contributed by atoms with Crippen molar-refractivity contribution in [3.63, 3.8) is 0 Å². The van der Waals surface area contributed by atoms with Gasteiger partial charge >= 0.3 is 0 Å². The molecule has 1 aliphatic heterocycles. The van der Waals surface area contributed by atoms with Crippen molar-refractivity contribution >= 4 is 5.91 Å².